The van der Waals surface area contributed by atoms with Crippen molar-refractivity contribution in [3.05, 3.63) is 28.8 Å². The number of nitrogens with one attached hydrogen (secondary N) is 2. The predicted molar refractivity (Wildman–Crippen MR) is 109 cm³/mol. The average Bonchev–Trinajstić information content (AvgIpc) is 2.68. The number of unbranched alkanes of at least 4 members (excludes halogenated alkanes) is 2. The molecule has 2 N–H and O–H groups in total. The predicted octanol–water partition coefficient (Wildman–Crippen LogP) is 3.65. The lowest BCUT2D eigenvalue weighted by molar-refractivity contribution is -0.122. The first kappa shape index (κ1) is 19.7. The molecule has 3 rings (SSSR count). The lowest BCUT2D eigenvalue weighted by Crippen LogP contribution is -2.46. The van der Waals surface area contributed by atoms with Crippen LogP contribution in [-0.4, -0.2) is 42.4 Å². The highest BCUT2D eigenvalue weighted by molar-refractivity contribution is 5.95. The molecule has 27 heavy (non-hydrogen) atoms. The number of aryl methyl sites for hydroxylation is 2. The number of hydrogen-bond acceptors (Lipinski definition) is 3. The molecule has 1 aromatic carbocycles. The van der Waals surface area contributed by atoms with Gasteiger partial charge < -0.3 is 15.5 Å². The Morgan fingerprint density at radius 1 is 1.22 bits per heavy atom. The zero-order valence-electron chi connectivity index (χ0n) is 16.8. The van der Waals surface area contributed by atoms with Crippen LogP contribution in [0.4, 0.5) is 5.69 Å². The summed E-state index contributed by atoms with van der Waals surface area (Å²) in [6, 6.07) is 4.29. The lowest BCUT2D eigenvalue weighted by Gasteiger charge is -2.33. The molecule has 148 valence electrons. The van der Waals surface area contributed by atoms with Crippen LogP contribution in [-0.2, 0) is 11.2 Å². The van der Waals surface area contributed by atoms with Crippen LogP contribution in [0.5, 0.6) is 0 Å². The van der Waals surface area contributed by atoms with Crippen molar-refractivity contribution in [2.45, 2.75) is 71.3 Å². The van der Waals surface area contributed by atoms with E-state index in [0.29, 0.717) is 19.5 Å². The minimum absolute atomic E-state index is 0.124. The molecule has 0 atom stereocenters. The van der Waals surface area contributed by atoms with E-state index in [1.807, 2.05) is 11.0 Å². The van der Waals surface area contributed by atoms with Crippen molar-refractivity contribution in [1.82, 2.24) is 10.2 Å². The Labute approximate surface area is 162 Å². The number of benzene rings is 1. The van der Waals surface area contributed by atoms with Crippen molar-refractivity contribution in [3.8, 4) is 0 Å². The fourth-order valence-electron chi connectivity index (χ4n) is 4.17. The number of fused-ring (bicyclic) bond motifs is 1. The summed E-state index contributed by atoms with van der Waals surface area (Å²) < 4.78 is 0. The molecule has 0 saturated carbocycles. The van der Waals surface area contributed by atoms with Gasteiger partial charge in [-0.1, -0.05) is 19.8 Å². The van der Waals surface area contributed by atoms with Crippen molar-refractivity contribution in [2.75, 3.05) is 25.0 Å². The molecule has 1 saturated heterocycles. The summed E-state index contributed by atoms with van der Waals surface area (Å²) in [6.45, 7) is 6.67. The maximum absolute atomic E-state index is 13.0. The van der Waals surface area contributed by atoms with Gasteiger partial charge in [0, 0.05) is 43.3 Å². The largest absolute Gasteiger partial charge is 0.385 e. The molecule has 0 bridgehead atoms. The highest BCUT2D eigenvalue weighted by atomic mass is 16.2. The van der Waals surface area contributed by atoms with Crippen LogP contribution in [0.25, 0.3) is 0 Å². The Morgan fingerprint density at radius 3 is 2.74 bits per heavy atom. The van der Waals surface area contributed by atoms with Crippen molar-refractivity contribution in [2.24, 2.45) is 0 Å². The van der Waals surface area contributed by atoms with Gasteiger partial charge in [0.2, 0.25) is 5.91 Å². The van der Waals surface area contributed by atoms with Crippen molar-refractivity contribution >= 4 is 17.5 Å². The molecule has 0 aromatic heterocycles. The van der Waals surface area contributed by atoms with Crippen LogP contribution >= 0.6 is 0 Å². The Kier molecular flexibility index (Phi) is 6.75. The molecule has 1 fully saturated rings. The molecule has 5 nitrogen and oxygen atoms in total. The number of carbonyl (C=O) groups is 2. The Bertz CT molecular complexity index is 678. The van der Waals surface area contributed by atoms with E-state index in [9.17, 15) is 9.59 Å². The number of likely N-dealkylation sites (tertiary alicyclic amines) is 1. The van der Waals surface area contributed by atoms with Gasteiger partial charge in [-0.05, 0) is 62.3 Å². The van der Waals surface area contributed by atoms with E-state index in [1.165, 1.54) is 11.3 Å². The van der Waals surface area contributed by atoms with Gasteiger partial charge in [-0.25, -0.2) is 0 Å². The molecular formula is C22H33N3O2. The molecule has 1 aromatic rings. The van der Waals surface area contributed by atoms with Gasteiger partial charge >= 0.3 is 0 Å². The number of rotatable bonds is 6. The van der Waals surface area contributed by atoms with E-state index in [1.54, 1.807) is 0 Å². The zero-order valence-corrected chi connectivity index (χ0v) is 16.8. The summed E-state index contributed by atoms with van der Waals surface area (Å²) in [7, 11) is 0. The molecule has 0 spiro atoms. The third-order valence-corrected chi connectivity index (χ3v) is 5.74. The van der Waals surface area contributed by atoms with Crippen LogP contribution in [0.15, 0.2) is 12.1 Å². The van der Waals surface area contributed by atoms with E-state index in [4.69, 9.17) is 0 Å². The highest BCUT2D eigenvalue weighted by Crippen LogP contribution is 2.28. The van der Waals surface area contributed by atoms with Gasteiger partial charge in [0.15, 0.2) is 0 Å². The summed E-state index contributed by atoms with van der Waals surface area (Å²) in [5.41, 5.74) is 4.43. The number of anilines is 1. The number of nitrogens with zero attached hydrogens (tertiary/aromatic N) is 1. The normalized spacial score (nSPS) is 17.2. The quantitative estimate of drug-likeness (QED) is 0.750. The molecule has 2 amide bonds. The van der Waals surface area contributed by atoms with Crippen LogP contribution in [0.3, 0.4) is 0 Å². The van der Waals surface area contributed by atoms with Crippen molar-refractivity contribution < 1.29 is 9.59 Å². The fourth-order valence-corrected chi connectivity index (χ4v) is 4.17. The summed E-state index contributed by atoms with van der Waals surface area (Å²) >= 11 is 0. The van der Waals surface area contributed by atoms with Crippen LogP contribution in [0.2, 0.25) is 0 Å². The van der Waals surface area contributed by atoms with Crippen LogP contribution in [0.1, 0.15) is 73.4 Å². The van der Waals surface area contributed by atoms with Gasteiger partial charge in [-0.2, -0.15) is 0 Å². The SMILES string of the molecule is CCCCCC(=O)NC1CCN(C(=O)c2cc(C)c3c(c2)CCCN3)CC1. The van der Waals surface area contributed by atoms with E-state index in [0.717, 1.165) is 62.6 Å². The molecule has 0 aliphatic carbocycles. The number of piperidine rings is 1. The van der Waals surface area contributed by atoms with Gasteiger partial charge in [0.25, 0.3) is 5.91 Å². The zero-order chi connectivity index (χ0) is 19.2. The van der Waals surface area contributed by atoms with E-state index < -0.39 is 0 Å². The number of hydrogen-bond donors (Lipinski definition) is 2. The highest BCUT2D eigenvalue weighted by Gasteiger charge is 2.25. The number of carbonyl (C=O) groups excluding carboxylic acids is 2. The van der Waals surface area contributed by atoms with Crippen LogP contribution < -0.4 is 10.6 Å². The second-order valence-electron chi connectivity index (χ2n) is 7.95. The molecule has 2 aliphatic heterocycles. The maximum atomic E-state index is 13.0. The van der Waals surface area contributed by atoms with Gasteiger partial charge in [0.05, 0.1) is 0 Å². The van der Waals surface area contributed by atoms with E-state index in [-0.39, 0.29) is 17.9 Å². The Hall–Kier alpha value is -2.04. The summed E-state index contributed by atoms with van der Waals surface area (Å²) in [4.78, 5) is 26.9. The molecule has 2 aliphatic rings. The summed E-state index contributed by atoms with van der Waals surface area (Å²) in [5, 5.41) is 6.60. The molecule has 2 heterocycles. The first-order chi connectivity index (χ1) is 13.1. The average molecular weight is 372 g/mol. The first-order valence-corrected chi connectivity index (χ1v) is 10.5. The lowest BCUT2D eigenvalue weighted by atomic mass is 9.96. The third-order valence-electron chi connectivity index (χ3n) is 5.74. The third kappa shape index (κ3) is 5.02. The van der Waals surface area contributed by atoms with Gasteiger partial charge in [0.1, 0.15) is 0 Å². The molecule has 0 radical (unpaired) electrons. The standard InChI is InChI=1S/C22H33N3O2/c1-3-4-5-8-20(26)24-19-9-12-25(13-10-19)22(27)18-14-16(2)21-17(15-18)7-6-11-23-21/h14-15,19,23H,3-13H2,1-2H3,(H,24,26). The van der Waals surface area contributed by atoms with Crippen LogP contribution in [0, 0.1) is 6.92 Å². The fraction of sp³-hybridized carbons (Fsp3) is 0.636. The minimum Gasteiger partial charge on any atom is -0.385 e. The summed E-state index contributed by atoms with van der Waals surface area (Å²) in [5.74, 6) is 0.283. The smallest absolute Gasteiger partial charge is 0.253 e. The second kappa shape index (κ2) is 9.25. The monoisotopic (exact) mass is 371 g/mol. The summed E-state index contributed by atoms with van der Waals surface area (Å²) in [6.07, 6.45) is 7.67. The van der Waals surface area contributed by atoms with Gasteiger partial charge in [-0.3, -0.25) is 9.59 Å². The van der Waals surface area contributed by atoms with Crippen molar-refractivity contribution in [1.29, 1.82) is 0 Å². The van der Waals surface area contributed by atoms with E-state index >= 15 is 0 Å². The van der Waals surface area contributed by atoms with E-state index in [2.05, 4.69) is 30.5 Å². The first-order valence-electron chi connectivity index (χ1n) is 10.5. The molecular weight excluding hydrogens is 338 g/mol. The minimum atomic E-state index is 0.124. The van der Waals surface area contributed by atoms with Gasteiger partial charge in [-0.15, -0.1) is 0 Å². The topological polar surface area (TPSA) is 61.4 Å². The van der Waals surface area contributed by atoms with Crippen molar-refractivity contribution in [3.63, 3.8) is 0 Å². The molecule has 5 heteroatoms. The molecule has 0 unspecified atom stereocenters. The maximum Gasteiger partial charge on any atom is 0.253 e. The Morgan fingerprint density at radius 2 is 2.00 bits per heavy atom. The second-order valence-corrected chi connectivity index (χ2v) is 7.95. The Balaban J connectivity index is 1.53. The number of amides is 2.